The first kappa shape index (κ1) is 17.1. The van der Waals surface area contributed by atoms with E-state index in [4.69, 9.17) is 4.74 Å². The molecule has 24 heavy (non-hydrogen) atoms. The fourth-order valence-corrected chi connectivity index (χ4v) is 3.18. The van der Waals surface area contributed by atoms with Crippen molar-refractivity contribution in [3.8, 4) is 0 Å². The lowest BCUT2D eigenvalue weighted by atomic mass is 10.1. The van der Waals surface area contributed by atoms with E-state index < -0.39 is 18.4 Å². The van der Waals surface area contributed by atoms with Gasteiger partial charge in [0.15, 0.2) is 0 Å². The van der Waals surface area contributed by atoms with Crippen molar-refractivity contribution in [3.05, 3.63) is 23.1 Å². The Hall–Kier alpha value is -1.70. The highest BCUT2D eigenvalue weighted by atomic mass is 79.9. The van der Waals surface area contributed by atoms with Gasteiger partial charge in [-0.2, -0.15) is 5.10 Å². The summed E-state index contributed by atoms with van der Waals surface area (Å²) in [7, 11) is 0. The van der Waals surface area contributed by atoms with Gasteiger partial charge in [-0.25, -0.2) is 14.2 Å². The molecule has 1 aliphatic rings. The van der Waals surface area contributed by atoms with Gasteiger partial charge < -0.3 is 9.64 Å². The number of nitrogens with zero attached hydrogens (tertiary/aromatic N) is 4. The van der Waals surface area contributed by atoms with Crippen LogP contribution in [0, 0.1) is 0 Å². The molecule has 0 N–H and O–H groups in total. The highest BCUT2D eigenvalue weighted by Gasteiger charge is 2.30. The number of halogens is 2. The Labute approximate surface area is 148 Å². The van der Waals surface area contributed by atoms with Gasteiger partial charge in [-0.1, -0.05) is 0 Å². The molecule has 1 fully saturated rings. The molecule has 0 radical (unpaired) electrons. The summed E-state index contributed by atoms with van der Waals surface area (Å²) in [5, 5.41) is 5.51. The quantitative estimate of drug-likeness (QED) is 0.739. The Morgan fingerprint density at radius 3 is 2.79 bits per heavy atom. The third-order valence-electron chi connectivity index (χ3n) is 4.20. The van der Waals surface area contributed by atoms with Crippen molar-refractivity contribution in [2.75, 3.05) is 19.8 Å². The second kappa shape index (κ2) is 6.66. The lowest BCUT2D eigenvalue weighted by Gasteiger charge is -2.33. The molecule has 0 aliphatic carbocycles. The van der Waals surface area contributed by atoms with Crippen LogP contribution < -0.4 is 0 Å². The predicted molar refractivity (Wildman–Crippen MR) is 91.6 cm³/mol. The van der Waals surface area contributed by atoms with Gasteiger partial charge in [0, 0.05) is 18.5 Å². The van der Waals surface area contributed by atoms with Crippen LogP contribution in [0.25, 0.3) is 10.9 Å². The molecule has 6 nitrogen and oxygen atoms in total. The fraction of sp³-hybridized carbons (Fsp3) is 0.562. The first-order valence-electron chi connectivity index (χ1n) is 7.92. The number of alkyl halides is 1. The van der Waals surface area contributed by atoms with Crippen LogP contribution in [0.2, 0.25) is 0 Å². The average molecular weight is 399 g/mol. The largest absolute Gasteiger partial charge is 0.441 e. The number of ether oxygens (including phenoxy) is 1. The third-order valence-corrected chi connectivity index (χ3v) is 4.64. The Bertz CT molecular complexity index is 741. The summed E-state index contributed by atoms with van der Waals surface area (Å²) in [6, 6.07) is 2.15. The van der Waals surface area contributed by atoms with Crippen molar-refractivity contribution in [2.24, 2.45) is 0 Å². The number of likely N-dealkylation sites (tertiary alicyclic amines) is 1. The highest BCUT2D eigenvalue weighted by Crippen LogP contribution is 2.27. The Morgan fingerprint density at radius 1 is 1.42 bits per heavy atom. The van der Waals surface area contributed by atoms with Gasteiger partial charge in [-0.15, -0.1) is 0 Å². The molecule has 8 heteroatoms. The van der Waals surface area contributed by atoms with Crippen LogP contribution in [0.1, 0.15) is 32.7 Å². The lowest BCUT2D eigenvalue weighted by Crippen LogP contribution is -2.43. The highest BCUT2D eigenvalue weighted by molar-refractivity contribution is 9.10. The van der Waals surface area contributed by atoms with Crippen molar-refractivity contribution in [3.63, 3.8) is 0 Å². The molecular formula is C16H20BrFN4O2. The topological polar surface area (TPSA) is 60.2 Å². The van der Waals surface area contributed by atoms with Crippen LogP contribution in [0.15, 0.2) is 23.1 Å². The predicted octanol–water partition coefficient (Wildman–Crippen LogP) is 3.72. The van der Waals surface area contributed by atoms with Crippen LogP contribution in [0.5, 0.6) is 0 Å². The Kier molecular flexibility index (Phi) is 4.76. The van der Waals surface area contributed by atoms with Crippen molar-refractivity contribution < 1.29 is 13.9 Å². The molecule has 0 unspecified atom stereocenters. The second-order valence-electron chi connectivity index (χ2n) is 6.63. The summed E-state index contributed by atoms with van der Waals surface area (Å²) in [5.74, 6) is 0. The Balaban J connectivity index is 1.65. The van der Waals surface area contributed by atoms with Crippen molar-refractivity contribution in [1.82, 2.24) is 19.7 Å². The number of rotatable bonds is 3. The number of piperidine rings is 1. The number of fused-ring (bicyclic) bond motifs is 1. The molecule has 0 bridgehead atoms. The van der Waals surface area contributed by atoms with E-state index in [0.29, 0.717) is 13.1 Å². The van der Waals surface area contributed by atoms with Crippen molar-refractivity contribution >= 4 is 32.9 Å². The maximum absolute atomic E-state index is 12.8. The normalized spacial score (nSPS) is 16.6. The zero-order valence-electron chi connectivity index (χ0n) is 13.7. The molecule has 3 heterocycles. The summed E-state index contributed by atoms with van der Waals surface area (Å²) < 4.78 is 20.8. The number of carbonyl (C=O) groups is 1. The lowest BCUT2D eigenvalue weighted by molar-refractivity contribution is -0.00551. The van der Waals surface area contributed by atoms with E-state index in [0.717, 1.165) is 28.3 Å². The number of aromatic nitrogens is 3. The SMILES string of the molecule is CC(C)(CF)OC(=O)N1CCC(n2ncc3cc(Br)ncc32)CC1. The van der Waals surface area contributed by atoms with Gasteiger partial charge in [0.2, 0.25) is 0 Å². The smallest absolute Gasteiger partial charge is 0.410 e. The third kappa shape index (κ3) is 3.53. The van der Waals surface area contributed by atoms with Gasteiger partial charge in [0.05, 0.1) is 24.0 Å². The molecule has 1 aliphatic heterocycles. The molecule has 2 aromatic rings. The number of carbonyl (C=O) groups excluding carboxylic acids is 1. The molecule has 1 saturated heterocycles. The number of pyridine rings is 1. The number of hydrogen-bond acceptors (Lipinski definition) is 4. The van der Waals surface area contributed by atoms with E-state index in [-0.39, 0.29) is 6.04 Å². The minimum Gasteiger partial charge on any atom is -0.441 e. The van der Waals surface area contributed by atoms with Crippen LogP contribution >= 0.6 is 15.9 Å². The van der Waals surface area contributed by atoms with Gasteiger partial charge in [-0.05, 0) is 48.7 Å². The molecular weight excluding hydrogens is 379 g/mol. The molecule has 130 valence electrons. The van der Waals surface area contributed by atoms with Crippen molar-refractivity contribution in [1.29, 1.82) is 0 Å². The second-order valence-corrected chi connectivity index (χ2v) is 7.45. The van der Waals surface area contributed by atoms with E-state index in [9.17, 15) is 9.18 Å². The first-order chi connectivity index (χ1) is 11.4. The van der Waals surface area contributed by atoms with Crippen LogP contribution in [-0.2, 0) is 4.74 Å². The summed E-state index contributed by atoms with van der Waals surface area (Å²) in [4.78, 5) is 18.0. The van der Waals surface area contributed by atoms with Crippen molar-refractivity contribution in [2.45, 2.75) is 38.3 Å². The van der Waals surface area contributed by atoms with Gasteiger partial charge in [-0.3, -0.25) is 4.68 Å². The van der Waals surface area contributed by atoms with E-state index in [1.54, 1.807) is 24.9 Å². The average Bonchev–Trinajstić information content (AvgIpc) is 2.97. The zero-order chi connectivity index (χ0) is 17.3. The molecule has 0 saturated carbocycles. The van der Waals surface area contributed by atoms with Gasteiger partial charge in [0.25, 0.3) is 0 Å². The minimum atomic E-state index is -1.08. The van der Waals surface area contributed by atoms with Crippen LogP contribution in [-0.4, -0.2) is 51.1 Å². The Morgan fingerprint density at radius 2 is 2.12 bits per heavy atom. The van der Waals surface area contributed by atoms with E-state index in [1.165, 1.54) is 0 Å². The number of hydrogen-bond donors (Lipinski definition) is 0. The van der Waals surface area contributed by atoms with E-state index >= 15 is 0 Å². The standard InChI is InChI=1S/C16H20BrFN4O2/c1-16(2,10-18)24-15(23)21-5-3-12(4-6-21)22-13-9-19-14(17)7-11(13)8-20-22/h7-9,12H,3-6,10H2,1-2H3. The summed E-state index contributed by atoms with van der Waals surface area (Å²) in [6.07, 6.45) is 4.73. The summed E-state index contributed by atoms with van der Waals surface area (Å²) in [5.41, 5.74) is -0.0941. The maximum Gasteiger partial charge on any atom is 0.410 e. The molecule has 0 spiro atoms. The zero-order valence-corrected chi connectivity index (χ0v) is 15.3. The molecule has 0 aromatic carbocycles. The maximum atomic E-state index is 12.8. The molecule has 2 aromatic heterocycles. The fourth-order valence-electron chi connectivity index (χ4n) is 2.83. The van der Waals surface area contributed by atoms with Gasteiger partial charge >= 0.3 is 6.09 Å². The molecule has 0 atom stereocenters. The van der Waals surface area contributed by atoms with E-state index in [1.807, 2.05) is 16.9 Å². The minimum absolute atomic E-state index is 0.212. The molecule has 3 rings (SSSR count). The molecule has 1 amide bonds. The monoisotopic (exact) mass is 398 g/mol. The van der Waals surface area contributed by atoms with E-state index in [2.05, 4.69) is 26.0 Å². The van der Waals surface area contributed by atoms with Crippen LogP contribution in [0.3, 0.4) is 0 Å². The van der Waals surface area contributed by atoms with Crippen LogP contribution in [0.4, 0.5) is 9.18 Å². The summed E-state index contributed by atoms with van der Waals surface area (Å²) in [6.45, 7) is 3.57. The first-order valence-corrected chi connectivity index (χ1v) is 8.71. The number of amides is 1. The summed E-state index contributed by atoms with van der Waals surface area (Å²) >= 11 is 3.36. The van der Waals surface area contributed by atoms with Gasteiger partial charge in [0.1, 0.15) is 16.9 Å².